The molecule has 0 bridgehead atoms. The Morgan fingerprint density at radius 1 is 1.04 bits per heavy atom. The standard InChI is InChI=1S/C31H27N7O7S/c1-18-6-5-7-19(35-18)14-33-30(41)22-15-37(23-13-25-24(44-17-45-25)12-21(23)27(22)39)11-10-32-29(40)20-8-3-4-9-26(20)46-31-28(38(42)43)34-16-36(31)2/h3-9,12-13,15-16H,10-11,14,17H2,1-2H3,(H,32,40)(H,33,41). The van der Waals surface area contributed by atoms with Gasteiger partial charge in [-0.3, -0.25) is 19.4 Å². The molecule has 3 aromatic heterocycles. The number of fused-ring (bicyclic) bond motifs is 2. The lowest BCUT2D eigenvalue weighted by molar-refractivity contribution is -0.392. The maximum Gasteiger partial charge on any atom is 0.396 e. The summed E-state index contributed by atoms with van der Waals surface area (Å²) in [5, 5.41) is 17.6. The molecule has 0 saturated heterocycles. The highest BCUT2D eigenvalue weighted by Crippen LogP contribution is 2.36. The number of imidazole rings is 1. The molecule has 0 atom stereocenters. The van der Waals surface area contributed by atoms with Gasteiger partial charge in [-0.25, -0.2) is 0 Å². The van der Waals surface area contributed by atoms with Crippen LogP contribution in [0.15, 0.2) is 81.8 Å². The summed E-state index contributed by atoms with van der Waals surface area (Å²) in [6.07, 6.45) is 2.81. The van der Waals surface area contributed by atoms with Crippen molar-refractivity contribution < 1.29 is 24.0 Å². The van der Waals surface area contributed by atoms with E-state index in [1.165, 1.54) is 17.1 Å². The first kappa shape index (κ1) is 30.3. The maximum atomic E-state index is 13.5. The Morgan fingerprint density at radius 3 is 2.59 bits per heavy atom. The Balaban J connectivity index is 1.24. The monoisotopic (exact) mass is 641 g/mol. The average molecular weight is 642 g/mol. The first-order valence-corrected chi connectivity index (χ1v) is 14.9. The van der Waals surface area contributed by atoms with Crippen molar-refractivity contribution in [2.45, 2.75) is 29.9 Å². The lowest BCUT2D eigenvalue weighted by Crippen LogP contribution is -2.31. The summed E-state index contributed by atoms with van der Waals surface area (Å²) in [6.45, 7) is 2.32. The fourth-order valence-corrected chi connectivity index (χ4v) is 6.01. The second kappa shape index (κ2) is 12.7. The molecule has 1 aliphatic rings. The van der Waals surface area contributed by atoms with E-state index in [4.69, 9.17) is 9.47 Å². The fraction of sp³-hybridized carbons (Fsp3) is 0.194. The molecule has 46 heavy (non-hydrogen) atoms. The number of pyridine rings is 2. The topological polar surface area (TPSA) is 173 Å². The second-order valence-electron chi connectivity index (χ2n) is 10.3. The number of nitrogens with one attached hydrogen (secondary N) is 2. The Morgan fingerprint density at radius 2 is 1.80 bits per heavy atom. The van der Waals surface area contributed by atoms with E-state index in [2.05, 4.69) is 20.6 Å². The summed E-state index contributed by atoms with van der Waals surface area (Å²) in [7, 11) is 1.64. The predicted molar refractivity (Wildman–Crippen MR) is 167 cm³/mol. The number of aryl methyl sites for hydroxylation is 2. The van der Waals surface area contributed by atoms with Gasteiger partial charge in [-0.05, 0) is 47.2 Å². The van der Waals surface area contributed by atoms with Crippen LogP contribution in [0.25, 0.3) is 10.9 Å². The molecule has 0 unspecified atom stereocenters. The van der Waals surface area contributed by atoms with Crippen LogP contribution >= 0.6 is 11.8 Å². The molecule has 0 saturated carbocycles. The molecule has 4 heterocycles. The summed E-state index contributed by atoms with van der Waals surface area (Å²) in [4.78, 5) is 59.7. The molecule has 0 fully saturated rings. The Labute approximate surface area is 265 Å². The lowest BCUT2D eigenvalue weighted by atomic mass is 10.1. The Hall–Kier alpha value is -5.70. The van der Waals surface area contributed by atoms with Gasteiger partial charge in [-0.2, -0.15) is 0 Å². The van der Waals surface area contributed by atoms with Gasteiger partial charge in [0.2, 0.25) is 18.5 Å². The fourth-order valence-electron chi connectivity index (χ4n) is 4.97. The van der Waals surface area contributed by atoms with Gasteiger partial charge >= 0.3 is 5.82 Å². The van der Waals surface area contributed by atoms with Crippen molar-refractivity contribution in [3.8, 4) is 11.5 Å². The van der Waals surface area contributed by atoms with Crippen LogP contribution in [-0.4, -0.2) is 49.2 Å². The Kier molecular flexibility index (Phi) is 8.39. The zero-order chi connectivity index (χ0) is 32.4. The molecule has 1 aliphatic heterocycles. The zero-order valence-corrected chi connectivity index (χ0v) is 25.5. The van der Waals surface area contributed by atoms with Crippen molar-refractivity contribution in [2.24, 2.45) is 7.05 Å². The highest BCUT2D eigenvalue weighted by Gasteiger charge is 2.24. The average Bonchev–Trinajstić information content (AvgIpc) is 3.66. The molecule has 0 radical (unpaired) electrons. The molecule has 6 rings (SSSR count). The van der Waals surface area contributed by atoms with Crippen LogP contribution in [0.3, 0.4) is 0 Å². The molecule has 0 spiro atoms. The van der Waals surface area contributed by atoms with Gasteiger partial charge < -0.3 is 39.4 Å². The van der Waals surface area contributed by atoms with E-state index in [9.17, 15) is 24.5 Å². The zero-order valence-electron chi connectivity index (χ0n) is 24.7. The maximum absolute atomic E-state index is 13.5. The molecular formula is C31H27N7O7S. The molecular weight excluding hydrogens is 614 g/mol. The van der Waals surface area contributed by atoms with E-state index in [1.54, 1.807) is 54.1 Å². The van der Waals surface area contributed by atoms with Crippen LogP contribution in [0.2, 0.25) is 0 Å². The van der Waals surface area contributed by atoms with Crippen molar-refractivity contribution in [1.29, 1.82) is 0 Å². The number of benzene rings is 2. The van der Waals surface area contributed by atoms with Crippen molar-refractivity contribution in [2.75, 3.05) is 13.3 Å². The Bertz CT molecular complexity index is 2070. The number of carbonyl (C=O) groups excluding carboxylic acids is 2. The van der Waals surface area contributed by atoms with Crippen molar-refractivity contribution in [1.82, 2.24) is 29.7 Å². The smallest absolute Gasteiger partial charge is 0.396 e. The summed E-state index contributed by atoms with van der Waals surface area (Å²) >= 11 is 1.07. The van der Waals surface area contributed by atoms with E-state index in [0.717, 1.165) is 17.5 Å². The molecule has 0 aliphatic carbocycles. The number of nitrogens with zero attached hydrogens (tertiary/aromatic N) is 5. The van der Waals surface area contributed by atoms with Crippen molar-refractivity contribution >= 4 is 40.3 Å². The van der Waals surface area contributed by atoms with E-state index in [1.807, 2.05) is 19.1 Å². The number of nitro groups is 1. The quantitative estimate of drug-likeness (QED) is 0.170. The van der Waals surface area contributed by atoms with E-state index in [-0.39, 0.29) is 48.2 Å². The molecule has 234 valence electrons. The largest absolute Gasteiger partial charge is 0.454 e. The summed E-state index contributed by atoms with van der Waals surface area (Å²) in [5.74, 6) is -0.416. The minimum atomic E-state index is -0.569. The third-order valence-corrected chi connectivity index (χ3v) is 8.45. The predicted octanol–water partition coefficient (Wildman–Crippen LogP) is 3.59. The van der Waals surface area contributed by atoms with Crippen LogP contribution in [0, 0.1) is 17.0 Å². The van der Waals surface area contributed by atoms with Crippen molar-refractivity contribution in [3.63, 3.8) is 0 Å². The van der Waals surface area contributed by atoms with E-state index >= 15 is 0 Å². The van der Waals surface area contributed by atoms with Gasteiger partial charge in [-0.15, -0.1) is 0 Å². The number of rotatable bonds is 10. The lowest BCUT2D eigenvalue weighted by Gasteiger charge is -2.15. The minimum Gasteiger partial charge on any atom is -0.454 e. The molecule has 2 N–H and O–H groups in total. The highest BCUT2D eigenvalue weighted by atomic mass is 32.2. The number of ether oxygens (including phenoxy) is 2. The number of aromatic nitrogens is 4. The summed E-state index contributed by atoms with van der Waals surface area (Å²) in [6, 6.07) is 15.5. The van der Waals surface area contributed by atoms with Gasteiger partial charge in [0.25, 0.3) is 11.8 Å². The van der Waals surface area contributed by atoms with Gasteiger partial charge in [0.05, 0.1) is 28.7 Å². The summed E-state index contributed by atoms with van der Waals surface area (Å²) < 4.78 is 14.2. The van der Waals surface area contributed by atoms with Crippen LogP contribution < -0.4 is 25.5 Å². The van der Waals surface area contributed by atoms with Gasteiger partial charge in [0, 0.05) is 43.0 Å². The molecule has 15 heteroatoms. The second-order valence-corrected chi connectivity index (χ2v) is 11.4. The van der Waals surface area contributed by atoms with Crippen LogP contribution in [0.5, 0.6) is 11.5 Å². The van der Waals surface area contributed by atoms with Crippen LogP contribution in [0.4, 0.5) is 5.82 Å². The van der Waals surface area contributed by atoms with Crippen LogP contribution in [-0.2, 0) is 20.1 Å². The van der Waals surface area contributed by atoms with E-state index in [0.29, 0.717) is 33.2 Å². The molecule has 14 nitrogen and oxygen atoms in total. The first-order chi connectivity index (χ1) is 22.2. The number of carbonyl (C=O) groups is 2. The molecule has 5 aromatic rings. The van der Waals surface area contributed by atoms with Gasteiger partial charge in [0.1, 0.15) is 5.56 Å². The van der Waals surface area contributed by atoms with Gasteiger partial charge in [0.15, 0.2) is 16.5 Å². The third kappa shape index (κ3) is 6.12. The first-order valence-electron chi connectivity index (χ1n) is 14.1. The number of hydrogen-bond donors (Lipinski definition) is 2. The summed E-state index contributed by atoms with van der Waals surface area (Å²) in [5.41, 5.74) is 1.72. The SMILES string of the molecule is Cc1cccc(CNC(=O)c2cn(CCNC(=O)c3ccccc3Sc3c([N+](=O)[O-])ncn3C)c3cc4c(cc3c2=O)OCO4)n1. The minimum absolute atomic E-state index is 0.00609. The molecule has 2 amide bonds. The number of hydrogen-bond acceptors (Lipinski definition) is 10. The van der Waals surface area contributed by atoms with Crippen molar-refractivity contribution in [3.05, 3.63) is 110 Å². The van der Waals surface area contributed by atoms with Gasteiger partial charge in [-0.1, -0.05) is 30.0 Å². The number of amides is 2. The normalized spacial score (nSPS) is 11.9. The van der Waals surface area contributed by atoms with Crippen LogP contribution in [0.1, 0.15) is 32.1 Å². The van der Waals surface area contributed by atoms with E-state index < -0.39 is 22.2 Å². The molecule has 2 aromatic carbocycles. The third-order valence-electron chi connectivity index (χ3n) is 7.21. The highest BCUT2D eigenvalue weighted by molar-refractivity contribution is 7.99.